The summed E-state index contributed by atoms with van der Waals surface area (Å²) in [6, 6.07) is 82.9. The Balaban J connectivity index is 0.961. The number of para-hydroxylation sites is 4. The summed E-state index contributed by atoms with van der Waals surface area (Å²) in [6.07, 6.45) is 0. The molecule has 2 aromatic heterocycles. The Morgan fingerprint density at radius 3 is 1.57 bits per heavy atom. The Morgan fingerprint density at radius 1 is 0.328 bits per heavy atom. The first kappa shape index (κ1) is 34.9. The fourth-order valence-corrected chi connectivity index (χ4v) is 9.31. The van der Waals surface area contributed by atoms with E-state index in [0.717, 1.165) is 55.8 Å². The lowest BCUT2D eigenvalue weighted by Gasteiger charge is -2.28. The summed E-state index contributed by atoms with van der Waals surface area (Å²) < 4.78 is 8.76. The molecular formula is C58H38N2O. The molecule has 0 unspecified atom stereocenters. The van der Waals surface area contributed by atoms with Crippen LogP contribution in [0.4, 0.5) is 17.1 Å². The molecule has 2 heterocycles. The number of fused-ring (bicyclic) bond motifs is 7. The van der Waals surface area contributed by atoms with E-state index >= 15 is 0 Å². The number of hydrogen-bond donors (Lipinski definition) is 0. The summed E-state index contributed by atoms with van der Waals surface area (Å²) in [5, 5.41) is 7.27. The van der Waals surface area contributed by atoms with Crippen LogP contribution in [0.5, 0.6) is 0 Å². The van der Waals surface area contributed by atoms with Crippen LogP contribution in [-0.4, -0.2) is 4.57 Å². The maximum Gasteiger partial charge on any atom is 0.136 e. The van der Waals surface area contributed by atoms with Gasteiger partial charge in [-0.3, -0.25) is 0 Å². The van der Waals surface area contributed by atoms with Crippen LogP contribution < -0.4 is 4.90 Å². The highest BCUT2D eigenvalue weighted by molar-refractivity contribution is 6.09. The van der Waals surface area contributed by atoms with Gasteiger partial charge in [-0.05, 0) is 111 Å². The molecule has 12 rings (SSSR count). The van der Waals surface area contributed by atoms with E-state index in [0.29, 0.717) is 0 Å². The smallest absolute Gasteiger partial charge is 0.136 e. The fraction of sp³-hybridized carbons (Fsp3) is 0. The van der Waals surface area contributed by atoms with Crippen LogP contribution in [0.25, 0.3) is 93.6 Å². The van der Waals surface area contributed by atoms with Crippen molar-refractivity contribution in [3.8, 4) is 39.1 Å². The molecule has 0 N–H and O–H groups in total. The number of benzene rings is 10. The van der Waals surface area contributed by atoms with Crippen molar-refractivity contribution in [2.45, 2.75) is 0 Å². The first-order valence-corrected chi connectivity index (χ1v) is 20.8. The summed E-state index contributed by atoms with van der Waals surface area (Å²) in [5.41, 5.74) is 15.5. The van der Waals surface area contributed by atoms with E-state index in [1.807, 2.05) is 12.1 Å². The van der Waals surface area contributed by atoms with Gasteiger partial charge in [0.15, 0.2) is 0 Å². The molecule has 0 aliphatic carbocycles. The molecule has 61 heavy (non-hydrogen) atoms. The van der Waals surface area contributed by atoms with Crippen LogP contribution in [0.2, 0.25) is 0 Å². The SMILES string of the molecule is c1ccc(N(c2ccc(-c3ccc(-c4cccc5ccccc45)cc3)cc2)c2ccc(-n3c4ccccc4c4ccccc43)cc2)c(-c2ccc3c(c2)oc2ccccc23)c1. The summed E-state index contributed by atoms with van der Waals surface area (Å²) >= 11 is 0. The minimum atomic E-state index is 0.881. The van der Waals surface area contributed by atoms with Crippen molar-refractivity contribution in [1.82, 2.24) is 4.57 Å². The zero-order valence-electron chi connectivity index (χ0n) is 33.2. The number of rotatable bonds is 7. The third kappa shape index (κ3) is 5.90. The molecule has 0 saturated heterocycles. The van der Waals surface area contributed by atoms with Crippen molar-refractivity contribution in [2.75, 3.05) is 4.90 Å². The molecule has 0 radical (unpaired) electrons. The largest absolute Gasteiger partial charge is 0.456 e. The van der Waals surface area contributed by atoms with Crippen LogP contribution in [0, 0.1) is 0 Å². The van der Waals surface area contributed by atoms with Gasteiger partial charge >= 0.3 is 0 Å². The molecule has 12 aromatic rings. The second-order valence-electron chi connectivity index (χ2n) is 15.7. The van der Waals surface area contributed by atoms with Gasteiger partial charge in [0.25, 0.3) is 0 Å². The lowest BCUT2D eigenvalue weighted by Crippen LogP contribution is -2.11. The zero-order valence-corrected chi connectivity index (χ0v) is 33.2. The van der Waals surface area contributed by atoms with Gasteiger partial charge in [0.1, 0.15) is 11.2 Å². The Morgan fingerprint density at radius 2 is 0.836 bits per heavy atom. The molecule has 0 saturated carbocycles. The first-order valence-electron chi connectivity index (χ1n) is 20.8. The van der Waals surface area contributed by atoms with E-state index in [1.54, 1.807) is 0 Å². The van der Waals surface area contributed by atoms with Crippen molar-refractivity contribution in [3.63, 3.8) is 0 Å². The van der Waals surface area contributed by atoms with Crippen LogP contribution in [0.1, 0.15) is 0 Å². The van der Waals surface area contributed by atoms with E-state index < -0.39 is 0 Å². The van der Waals surface area contributed by atoms with Gasteiger partial charge in [0, 0.05) is 44.2 Å². The van der Waals surface area contributed by atoms with Gasteiger partial charge < -0.3 is 13.9 Å². The lowest BCUT2D eigenvalue weighted by molar-refractivity contribution is 0.669. The maximum atomic E-state index is 6.38. The van der Waals surface area contributed by atoms with Crippen molar-refractivity contribution < 1.29 is 4.42 Å². The molecule has 0 aliphatic heterocycles. The highest BCUT2D eigenvalue weighted by Gasteiger charge is 2.20. The van der Waals surface area contributed by atoms with Crippen LogP contribution >= 0.6 is 0 Å². The van der Waals surface area contributed by atoms with Crippen LogP contribution in [-0.2, 0) is 0 Å². The quantitative estimate of drug-likeness (QED) is 0.161. The third-order valence-electron chi connectivity index (χ3n) is 12.2. The van der Waals surface area contributed by atoms with E-state index in [4.69, 9.17) is 4.42 Å². The van der Waals surface area contributed by atoms with Gasteiger partial charge in [-0.25, -0.2) is 0 Å². The minimum absolute atomic E-state index is 0.881. The minimum Gasteiger partial charge on any atom is -0.456 e. The van der Waals surface area contributed by atoms with Gasteiger partial charge in [-0.2, -0.15) is 0 Å². The second-order valence-corrected chi connectivity index (χ2v) is 15.7. The van der Waals surface area contributed by atoms with E-state index in [2.05, 4.69) is 228 Å². The molecule has 10 aromatic carbocycles. The predicted molar refractivity (Wildman–Crippen MR) is 257 cm³/mol. The number of hydrogen-bond acceptors (Lipinski definition) is 2. The molecule has 0 amide bonds. The van der Waals surface area contributed by atoms with Crippen LogP contribution in [0.3, 0.4) is 0 Å². The Labute approximate surface area is 353 Å². The van der Waals surface area contributed by atoms with Gasteiger partial charge in [0.2, 0.25) is 0 Å². The average molecular weight is 779 g/mol. The average Bonchev–Trinajstić information content (AvgIpc) is 3.88. The summed E-state index contributed by atoms with van der Waals surface area (Å²) in [6.45, 7) is 0. The molecule has 3 nitrogen and oxygen atoms in total. The molecule has 0 aliphatic rings. The van der Waals surface area contributed by atoms with Crippen molar-refractivity contribution in [2.24, 2.45) is 0 Å². The lowest BCUT2D eigenvalue weighted by atomic mass is 9.96. The number of anilines is 3. The summed E-state index contributed by atoms with van der Waals surface area (Å²) in [4.78, 5) is 2.38. The highest BCUT2D eigenvalue weighted by Crippen LogP contribution is 2.43. The second kappa shape index (κ2) is 14.3. The Kier molecular flexibility index (Phi) is 8.17. The first-order chi connectivity index (χ1) is 30.2. The molecule has 286 valence electrons. The fourth-order valence-electron chi connectivity index (χ4n) is 9.31. The highest BCUT2D eigenvalue weighted by atomic mass is 16.3. The topological polar surface area (TPSA) is 21.3 Å². The monoisotopic (exact) mass is 778 g/mol. The van der Waals surface area contributed by atoms with E-state index in [1.165, 1.54) is 54.8 Å². The molecule has 0 fully saturated rings. The van der Waals surface area contributed by atoms with Crippen molar-refractivity contribution in [3.05, 3.63) is 231 Å². The van der Waals surface area contributed by atoms with E-state index in [9.17, 15) is 0 Å². The molecule has 0 atom stereocenters. The standard InChI is InChI=1S/C58H38N2O/c1-2-14-47-41(12-1)13-11-19-48(47)42-26-24-39(25-27-42)40-28-31-44(32-29-40)59(45-33-35-46(36-34-45)60-55-21-8-4-16-50(55)51-17-5-9-22-56(51)60)54-20-7-3-15-49(54)43-30-37-53-52-18-6-10-23-57(52)61-58(53)38-43/h1-38H. The predicted octanol–water partition coefficient (Wildman–Crippen LogP) is 16.3. The maximum absolute atomic E-state index is 6.38. The van der Waals surface area contributed by atoms with Gasteiger partial charge in [-0.15, -0.1) is 0 Å². The third-order valence-corrected chi connectivity index (χ3v) is 12.2. The summed E-state index contributed by atoms with van der Waals surface area (Å²) in [7, 11) is 0. The van der Waals surface area contributed by atoms with Crippen molar-refractivity contribution >= 4 is 71.6 Å². The summed E-state index contributed by atoms with van der Waals surface area (Å²) in [5.74, 6) is 0. The number of aromatic nitrogens is 1. The van der Waals surface area contributed by atoms with Gasteiger partial charge in [-0.1, -0.05) is 158 Å². The molecular weight excluding hydrogens is 741 g/mol. The van der Waals surface area contributed by atoms with Gasteiger partial charge in [0.05, 0.1) is 16.7 Å². The normalized spacial score (nSPS) is 11.6. The molecule has 0 bridgehead atoms. The number of nitrogens with zero attached hydrogens (tertiary/aromatic N) is 2. The zero-order chi connectivity index (χ0) is 40.3. The Hall–Kier alpha value is -8.14. The number of furan rings is 1. The molecule has 0 spiro atoms. The van der Waals surface area contributed by atoms with Crippen LogP contribution in [0.15, 0.2) is 235 Å². The van der Waals surface area contributed by atoms with E-state index in [-0.39, 0.29) is 0 Å². The van der Waals surface area contributed by atoms with Crippen molar-refractivity contribution in [1.29, 1.82) is 0 Å². The molecule has 3 heteroatoms. The Bertz CT molecular complexity index is 3520.